The van der Waals surface area contributed by atoms with Crippen LogP contribution in [-0.2, 0) is 17.8 Å². The molecule has 6 nitrogen and oxygen atoms in total. The number of carbonyl (C=O) groups excluding carboxylic acids is 1. The van der Waals surface area contributed by atoms with Gasteiger partial charge in [0.25, 0.3) is 0 Å². The Bertz CT molecular complexity index is 581. The summed E-state index contributed by atoms with van der Waals surface area (Å²) in [7, 11) is 0. The maximum absolute atomic E-state index is 12.8. The van der Waals surface area contributed by atoms with E-state index in [0.29, 0.717) is 12.2 Å². The summed E-state index contributed by atoms with van der Waals surface area (Å²) >= 11 is 0. The zero-order valence-electron chi connectivity index (χ0n) is 11.6. The highest BCUT2D eigenvalue weighted by atomic mass is 19.1. The zero-order chi connectivity index (χ0) is 15.1. The lowest BCUT2D eigenvalue weighted by Crippen LogP contribution is -2.19. The molecule has 7 heteroatoms. The van der Waals surface area contributed by atoms with E-state index in [1.165, 1.54) is 28.9 Å². The highest BCUT2D eigenvalue weighted by Gasteiger charge is 2.06. The van der Waals surface area contributed by atoms with Gasteiger partial charge in [0.2, 0.25) is 5.91 Å². The SMILES string of the molecule is NCCCCc1cn(CC(=O)Nc2ccc(F)cc2)nn1. The third kappa shape index (κ3) is 4.96. The molecule has 2 aromatic rings. The summed E-state index contributed by atoms with van der Waals surface area (Å²) in [5.74, 6) is -0.577. The van der Waals surface area contributed by atoms with Gasteiger partial charge in [0.05, 0.1) is 5.69 Å². The van der Waals surface area contributed by atoms with Crippen LogP contribution >= 0.6 is 0 Å². The Morgan fingerprint density at radius 2 is 2.05 bits per heavy atom. The summed E-state index contributed by atoms with van der Waals surface area (Å²) < 4.78 is 14.2. The van der Waals surface area contributed by atoms with Crippen LogP contribution in [0.3, 0.4) is 0 Å². The Hall–Kier alpha value is -2.28. The second kappa shape index (κ2) is 7.49. The summed E-state index contributed by atoms with van der Waals surface area (Å²) in [5, 5.41) is 10.6. The molecule has 0 saturated carbocycles. The minimum atomic E-state index is -0.341. The fraction of sp³-hybridized carbons (Fsp3) is 0.357. The number of halogens is 1. The molecule has 0 aliphatic rings. The standard InChI is InChI=1S/C14H18FN5O/c15-11-4-6-12(7-5-11)17-14(21)10-20-9-13(18-19-20)3-1-2-8-16/h4-7,9H,1-3,8,10,16H2,(H,17,21). The molecule has 2 rings (SSSR count). The number of amides is 1. The molecule has 0 radical (unpaired) electrons. The van der Waals surface area contributed by atoms with Gasteiger partial charge in [-0.1, -0.05) is 5.21 Å². The second-order valence-electron chi connectivity index (χ2n) is 4.71. The fourth-order valence-electron chi connectivity index (χ4n) is 1.86. The van der Waals surface area contributed by atoms with Crippen molar-refractivity contribution < 1.29 is 9.18 Å². The van der Waals surface area contributed by atoms with E-state index in [9.17, 15) is 9.18 Å². The van der Waals surface area contributed by atoms with Gasteiger partial charge < -0.3 is 11.1 Å². The van der Waals surface area contributed by atoms with Gasteiger partial charge in [0.1, 0.15) is 12.4 Å². The van der Waals surface area contributed by atoms with Gasteiger partial charge in [0.15, 0.2) is 0 Å². The van der Waals surface area contributed by atoms with Crippen molar-refractivity contribution in [2.75, 3.05) is 11.9 Å². The van der Waals surface area contributed by atoms with Crippen LogP contribution in [0.5, 0.6) is 0 Å². The Balaban J connectivity index is 1.83. The summed E-state index contributed by atoms with van der Waals surface area (Å²) in [4.78, 5) is 11.8. The molecule has 0 fully saturated rings. The lowest BCUT2D eigenvalue weighted by atomic mass is 10.2. The first-order chi connectivity index (χ1) is 10.2. The first-order valence-corrected chi connectivity index (χ1v) is 6.82. The summed E-state index contributed by atoms with van der Waals surface area (Å²) in [6.07, 6.45) is 4.45. The number of nitrogens with zero attached hydrogens (tertiary/aromatic N) is 3. The van der Waals surface area contributed by atoms with Gasteiger partial charge in [-0.3, -0.25) is 4.79 Å². The van der Waals surface area contributed by atoms with Crippen LogP contribution in [0.2, 0.25) is 0 Å². The molecular weight excluding hydrogens is 273 g/mol. The number of nitrogens with one attached hydrogen (secondary N) is 1. The average molecular weight is 291 g/mol. The van der Waals surface area contributed by atoms with E-state index in [-0.39, 0.29) is 18.3 Å². The van der Waals surface area contributed by atoms with Crippen LogP contribution in [-0.4, -0.2) is 27.4 Å². The number of benzene rings is 1. The molecule has 112 valence electrons. The maximum Gasteiger partial charge on any atom is 0.246 e. The molecule has 21 heavy (non-hydrogen) atoms. The van der Waals surface area contributed by atoms with E-state index < -0.39 is 0 Å². The van der Waals surface area contributed by atoms with Crippen molar-refractivity contribution in [3.63, 3.8) is 0 Å². The van der Waals surface area contributed by atoms with Crippen molar-refractivity contribution in [3.8, 4) is 0 Å². The van der Waals surface area contributed by atoms with E-state index in [1.807, 2.05) is 0 Å². The molecule has 1 amide bonds. The molecule has 0 aliphatic carbocycles. The van der Waals surface area contributed by atoms with Crippen molar-refractivity contribution >= 4 is 11.6 Å². The summed E-state index contributed by atoms with van der Waals surface area (Å²) in [5.41, 5.74) is 6.82. The monoisotopic (exact) mass is 291 g/mol. The van der Waals surface area contributed by atoms with Crippen molar-refractivity contribution in [3.05, 3.63) is 42.0 Å². The minimum absolute atomic E-state index is 0.0707. The third-order valence-electron chi connectivity index (χ3n) is 2.91. The minimum Gasteiger partial charge on any atom is -0.330 e. The quantitative estimate of drug-likeness (QED) is 0.754. The number of carbonyl (C=O) groups is 1. The Labute approximate surface area is 122 Å². The number of aromatic nitrogens is 3. The number of nitrogens with two attached hydrogens (primary N) is 1. The van der Waals surface area contributed by atoms with E-state index in [1.54, 1.807) is 6.20 Å². The van der Waals surface area contributed by atoms with Gasteiger partial charge >= 0.3 is 0 Å². The van der Waals surface area contributed by atoms with Crippen molar-refractivity contribution in [1.82, 2.24) is 15.0 Å². The number of unbranched alkanes of at least 4 members (excludes halogenated alkanes) is 1. The van der Waals surface area contributed by atoms with Gasteiger partial charge in [-0.2, -0.15) is 0 Å². The van der Waals surface area contributed by atoms with E-state index in [0.717, 1.165) is 25.0 Å². The first kappa shape index (κ1) is 15.1. The molecule has 0 bridgehead atoms. The van der Waals surface area contributed by atoms with Gasteiger partial charge in [-0.25, -0.2) is 9.07 Å². The van der Waals surface area contributed by atoms with E-state index >= 15 is 0 Å². The van der Waals surface area contributed by atoms with Crippen LogP contribution in [0.25, 0.3) is 0 Å². The van der Waals surface area contributed by atoms with Crippen LogP contribution in [0.15, 0.2) is 30.5 Å². The number of aryl methyl sites for hydroxylation is 1. The third-order valence-corrected chi connectivity index (χ3v) is 2.91. The molecule has 0 saturated heterocycles. The van der Waals surface area contributed by atoms with Crippen LogP contribution < -0.4 is 11.1 Å². The highest BCUT2D eigenvalue weighted by Crippen LogP contribution is 2.08. The van der Waals surface area contributed by atoms with Crippen LogP contribution in [0, 0.1) is 5.82 Å². The number of hydrogen-bond acceptors (Lipinski definition) is 4. The smallest absolute Gasteiger partial charge is 0.246 e. The van der Waals surface area contributed by atoms with Crippen molar-refractivity contribution in [1.29, 1.82) is 0 Å². The lowest BCUT2D eigenvalue weighted by molar-refractivity contribution is -0.116. The van der Waals surface area contributed by atoms with Crippen LogP contribution in [0.1, 0.15) is 18.5 Å². The zero-order valence-corrected chi connectivity index (χ0v) is 11.6. The van der Waals surface area contributed by atoms with Crippen LogP contribution in [0.4, 0.5) is 10.1 Å². The lowest BCUT2D eigenvalue weighted by Gasteiger charge is -2.04. The average Bonchev–Trinajstić information content (AvgIpc) is 2.89. The van der Waals surface area contributed by atoms with Gasteiger partial charge in [0, 0.05) is 11.9 Å². The Morgan fingerprint density at radius 1 is 1.29 bits per heavy atom. The summed E-state index contributed by atoms with van der Waals surface area (Å²) in [6, 6.07) is 5.60. The molecule has 3 N–H and O–H groups in total. The predicted molar refractivity (Wildman–Crippen MR) is 77.0 cm³/mol. The molecule has 1 aromatic carbocycles. The van der Waals surface area contributed by atoms with Crippen molar-refractivity contribution in [2.24, 2.45) is 5.73 Å². The fourth-order valence-corrected chi connectivity index (χ4v) is 1.86. The number of anilines is 1. The number of hydrogen-bond donors (Lipinski definition) is 2. The molecule has 0 aliphatic heterocycles. The van der Waals surface area contributed by atoms with Gasteiger partial charge in [-0.05, 0) is 50.1 Å². The first-order valence-electron chi connectivity index (χ1n) is 6.82. The highest BCUT2D eigenvalue weighted by molar-refractivity contribution is 5.90. The van der Waals surface area contributed by atoms with Crippen molar-refractivity contribution in [2.45, 2.75) is 25.8 Å². The summed E-state index contributed by atoms with van der Waals surface area (Å²) in [6.45, 7) is 0.732. The predicted octanol–water partition coefficient (Wildman–Crippen LogP) is 1.34. The molecule has 0 spiro atoms. The molecule has 1 heterocycles. The Kier molecular flexibility index (Phi) is 5.39. The Morgan fingerprint density at radius 3 is 2.76 bits per heavy atom. The van der Waals surface area contributed by atoms with E-state index in [4.69, 9.17) is 5.73 Å². The maximum atomic E-state index is 12.8. The van der Waals surface area contributed by atoms with E-state index in [2.05, 4.69) is 15.6 Å². The number of rotatable bonds is 7. The molecular formula is C14H18FN5O. The normalized spacial score (nSPS) is 10.6. The van der Waals surface area contributed by atoms with Gasteiger partial charge in [-0.15, -0.1) is 5.10 Å². The second-order valence-corrected chi connectivity index (χ2v) is 4.71. The molecule has 0 unspecified atom stereocenters. The molecule has 0 atom stereocenters. The largest absolute Gasteiger partial charge is 0.330 e. The topological polar surface area (TPSA) is 85.8 Å². The molecule has 1 aromatic heterocycles.